The first-order valence-electron chi connectivity index (χ1n) is 7.71. The second-order valence-corrected chi connectivity index (χ2v) is 6.92. The summed E-state index contributed by atoms with van der Waals surface area (Å²) in [6.07, 6.45) is 4.39. The van der Waals surface area contributed by atoms with Gasteiger partial charge in [0, 0.05) is 25.2 Å². The fourth-order valence-corrected chi connectivity index (χ4v) is 3.44. The fourth-order valence-electron chi connectivity index (χ4n) is 2.74. The summed E-state index contributed by atoms with van der Waals surface area (Å²) in [7, 11) is 1.86. The quantitative estimate of drug-likeness (QED) is 0.943. The van der Waals surface area contributed by atoms with Crippen molar-refractivity contribution < 1.29 is 4.79 Å². The minimum Gasteiger partial charge on any atom is -0.347 e. The van der Waals surface area contributed by atoms with Crippen LogP contribution in [0.15, 0.2) is 23.7 Å². The summed E-state index contributed by atoms with van der Waals surface area (Å²) in [5.41, 5.74) is 1.68. The van der Waals surface area contributed by atoms with Gasteiger partial charge in [0.25, 0.3) is 5.91 Å². The van der Waals surface area contributed by atoms with E-state index in [1.54, 1.807) is 10.6 Å². The van der Waals surface area contributed by atoms with Gasteiger partial charge in [-0.15, -0.1) is 11.3 Å². The van der Waals surface area contributed by atoms with Crippen LogP contribution < -0.4 is 5.32 Å². The molecule has 0 aromatic carbocycles. The maximum atomic E-state index is 12.2. The Kier molecular flexibility index (Phi) is 4.59. The van der Waals surface area contributed by atoms with E-state index in [4.69, 9.17) is 0 Å². The minimum atomic E-state index is -0.111. The number of likely N-dealkylation sites (tertiary alicyclic amines) is 1. The Morgan fingerprint density at radius 2 is 2.23 bits per heavy atom. The van der Waals surface area contributed by atoms with E-state index < -0.39 is 0 Å². The number of carbonyl (C=O) groups is 1. The van der Waals surface area contributed by atoms with Gasteiger partial charge in [-0.3, -0.25) is 15.0 Å². The maximum Gasteiger partial charge on any atom is 0.274 e. The highest BCUT2D eigenvalue weighted by Gasteiger charge is 2.17. The van der Waals surface area contributed by atoms with E-state index in [-0.39, 0.29) is 5.91 Å². The number of anilines is 1. The van der Waals surface area contributed by atoms with E-state index in [9.17, 15) is 4.79 Å². The van der Waals surface area contributed by atoms with Crippen LogP contribution in [0.2, 0.25) is 0 Å². The van der Waals surface area contributed by atoms with Gasteiger partial charge in [-0.25, -0.2) is 4.98 Å². The maximum absolute atomic E-state index is 12.2. The predicted molar refractivity (Wildman–Crippen MR) is 89.2 cm³/mol. The third-order valence-electron chi connectivity index (χ3n) is 4.21. The zero-order valence-electron chi connectivity index (χ0n) is 13.1. The number of carbonyl (C=O) groups excluding carboxylic acids is 1. The second-order valence-electron chi connectivity index (χ2n) is 6.06. The number of aromatic nitrogens is 2. The summed E-state index contributed by atoms with van der Waals surface area (Å²) >= 11 is 1.49. The molecule has 5 nitrogen and oxygen atoms in total. The summed E-state index contributed by atoms with van der Waals surface area (Å²) in [4.78, 5) is 19.1. The van der Waals surface area contributed by atoms with Crippen LogP contribution in [0.5, 0.6) is 0 Å². The Morgan fingerprint density at radius 1 is 1.45 bits per heavy atom. The average molecular weight is 318 g/mol. The van der Waals surface area contributed by atoms with Gasteiger partial charge in [0.1, 0.15) is 5.69 Å². The van der Waals surface area contributed by atoms with E-state index in [1.807, 2.05) is 24.7 Å². The molecule has 1 N–H and O–H groups in total. The molecule has 0 atom stereocenters. The molecule has 1 aliphatic rings. The molecule has 3 heterocycles. The Hall–Kier alpha value is -1.66. The lowest BCUT2D eigenvalue weighted by molar-refractivity contribution is 0.101. The van der Waals surface area contributed by atoms with Crippen molar-refractivity contribution in [1.82, 2.24) is 14.5 Å². The van der Waals surface area contributed by atoms with Gasteiger partial charge in [-0.1, -0.05) is 6.92 Å². The molecule has 1 fully saturated rings. The first-order chi connectivity index (χ1) is 10.6. The molecule has 22 heavy (non-hydrogen) atoms. The fraction of sp³-hybridized carbons (Fsp3) is 0.500. The summed E-state index contributed by atoms with van der Waals surface area (Å²) in [5, 5.41) is 5.59. The molecule has 1 amide bonds. The van der Waals surface area contributed by atoms with Gasteiger partial charge in [-0.05, 0) is 44.0 Å². The monoisotopic (exact) mass is 318 g/mol. The second kappa shape index (κ2) is 6.62. The van der Waals surface area contributed by atoms with Crippen LogP contribution >= 0.6 is 11.3 Å². The van der Waals surface area contributed by atoms with Crippen molar-refractivity contribution in [2.45, 2.75) is 26.3 Å². The predicted octanol–water partition coefficient (Wildman–Crippen LogP) is 2.97. The van der Waals surface area contributed by atoms with Crippen LogP contribution in [0.1, 0.15) is 35.9 Å². The molecule has 1 saturated heterocycles. The molecule has 0 unspecified atom stereocenters. The molecule has 0 saturated carbocycles. The van der Waals surface area contributed by atoms with Crippen molar-refractivity contribution in [2.75, 3.05) is 18.4 Å². The molecule has 3 rings (SSSR count). The number of aryl methyl sites for hydroxylation is 1. The SMILES string of the molecule is CC1CCN(Cc2csc(NC(=O)c3cccn3C)n2)CC1. The molecule has 0 radical (unpaired) electrons. The van der Waals surface area contributed by atoms with Crippen LogP contribution in [0, 0.1) is 5.92 Å². The number of amides is 1. The third-order valence-corrected chi connectivity index (χ3v) is 5.02. The van der Waals surface area contributed by atoms with Crippen molar-refractivity contribution in [2.24, 2.45) is 13.0 Å². The molecule has 0 bridgehead atoms. The van der Waals surface area contributed by atoms with Gasteiger partial charge in [0.15, 0.2) is 5.13 Å². The summed E-state index contributed by atoms with van der Waals surface area (Å²) < 4.78 is 1.80. The highest BCUT2D eigenvalue weighted by Crippen LogP contribution is 2.21. The number of nitrogens with one attached hydrogen (secondary N) is 1. The summed E-state index contributed by atoms with van der Waals surface area (Å²) in [6, 6.07) is 3.66. The minimum absolute atomic E-state index is 0.111. The topological polar surface area (TPSA) is 50.2 Å². The molecular weight excluding hydrogens is 296 g/mol. The van der Waals surface area contributed by atoms with Crippen molar-refractivity contribution in [1.29, 1.82) is 0 Å². The van der Waals surface area contributed by atoms with Crippen molar-refractivity contribution in [3.63, 3.8) is 0 Å². The van der Waals surface area contributed by atoms with E-state index in [0.717, 1.165) is 31.2 Å². The van der Waals surface area contributed by atoms with Crippen LogP contribution in [0.3, 0.4) is 0 Å². The molecule has 2 aromatic heterocycles. The number of hydrogen-bond donors (Lipinski definition) is 1. The van der Waals surface area contributed by atoms with Crippen LogP contribution in [-0.2, 0) is 13.6 Å². The number of thiazole rings is 1. The lowest BCUT2D eigenvalue weighted by Gasteiger charge is -2.29. The first kappa shape index (κ1) is 15.2. The highest BCUT2D eigenvalue weighted by atomic mass is 32.1. The first-order valence-corrected chi connectivity index (χ1v) is 8.59. The Labute approximate surface area is 135 Å². The molecule has 6 heteroatoms. The highest BCUT2D eigenvalue weighted by molar-refractivity contribution is 7.13. The van der Waals surface area contributed by atoms with E-state index in [2.05, 4.69) is 22.1 Å². The smallest absolute Gasteiger partial charge is 0.274 e. The largest absolute Gasteiger partial charge is 0.347 e. The van der Waals surface area contributed by atoms with Gasteiger partial charge in [0.2, 0.25) is 0 Å². The lowest BCUT2D eigenvalue weighted by atomic mass is 9.99. The van der Waals surface area contributed by atoms with Crippen molar-refractivity contribution >= 4 is 22.4 Å². The third kappa shape index (κ3) is 3.56. The number of nitrogens with zero attached hydrogens (tertiary/aromatic N) is 3. The normalized spacial score (nSPS) is 16.8. The zero-order chi connectivity index (χ0) is 15.5. The average Bonchev–Trinajstić information content (AvgIpc) is 3.10. The molecule has 0 spiro atoms. The molecular formula is C16H22N4OS. The van der Waals surface area contributed by atoms with E-state index >= 15 is 0 Å². The Morgan fingerprint density at radius 3 is 2.91 bits per heavy atom. The molecule has 0 aliphatic carbocycles. The summed E-state index contributed by atoms with van der Waals surface area (Å²) in [6.45, 7) is 5.48. The van der Waals surface area contributed by atoms with Gasteiger partial charge >= 0.3 is 0 Å². The Balaban J connectivity index is 1.57. The number of hydrogen-bond acceptors (Lipinski definition) is 4. The number of piperidine rings is 1. The van der Waals surface area contributed by atoms with Gasteiger partial charge in [0.05, 0.1) is 5.69 Å². The van der Waals surface area contributed by atoms with E-state index in [1.165, 1.54) is 24.2 Å². The standard InChI is InChI=1S/C16H22N4OS/c1-12-5-8-20(9-6-12)10-13-11-22-16(17-13)18-15(21)14-4-3-7-19(14)2/h3-4,7,11-12H,5-6,8-10H2,1-2H3,(H,17,18,21). The molecule has 118 valence electrons. The van der Waals surface area contributed by atoms with Crippen molar-refractivity contribution in [3.05, 3.63) is 35.1 Å². The summed E-state index contributed by atoms with van der Waals surface area (Å²) in [5.74, 6) is 0.729. The lowest BCUT2D eigenvalue weighted by Crippen LogP contribution is -2.32. The van der Waals surface area contributed by atoms with Crippen LogP contribution in [0.25, 0.3) is 0 Å². The molecule has 1 aliphatic heterocycles. The Bertz CT molecular complexity index is 640. The van der Waals surface area contributed by atoms with Crippen LogP contribution in [-0.4, -0.2) is 33.4 Å². The van der Waals surface area contributed by atoms with E-state index in [0.29, 0.717) is 10.8 Å². The van der Waals surface area contributed by atoms with Gasteiger partial charge < -0.3 is 4.57 Å². The molecule has 2 aromatic rings. The number of rotatable bonds is 4. The van der Waals surface area contributed by atoms with Gasteiger partial charge in [-0.2, -0.15) is 0 Å². The zero-order valence-corrected chi connectivity index (χ0v) is 13.9. The van der Waals surface area contributed by atoms with Crippen LogP contribution in [0.4, 0.5) is 5.13 Å². The van der Waals surface area contributed by atoms with Crippen molar-refractivity contribution in [3.8, 4) is 0 Å².